The normalized spacial score (nSPS) is 27.3. The Labute approximate surface area is 141 Å². The van der Waals surface area contributed by atoms with E-state index in [0.717, 1.165) is 11.3 Å². The molecule has 2 aromatic rings. The molecule has 1 saturated heterocycles. The molecule has 3 heterocycles. The maximum Gasteiger partial charge on any atom is 0.310 e. The molecular formula is C17H14N2O4S. The Morgan fingerprint density at radius 2 is 1.83 bits per heavy atom. The minimum absolute atomic E-state index is 0.367. The van der Waals surface area contributed by atoms with E-state index >= 15 is 0 Å². The summed E-state index contributed by atoms with van der Waals surface area (Å²) in [7, 11) is 0. The molecule has 4 atom stereocenters. The Morgan fingerprint density at radius 3 is 2.54 bits per heavy atom. The molecule has 1 aromatic heterocycles. The Morgan fingerprint density at radius 1 is 1.12 bits per heavy atom. The van der Waals surface area contributed by atoms with Crippen LogP contribution in [0.4, 0.5) is 5.13 Å². The molecule has 122 valence electrons. The lowest BCUT2D eigenvalue weighted by Gasteiger charge is -2.20. The molecule has 2 N–H and O–H groups in total. The molecule has 7 heteroatoms. The summed E-state index contributed by atoms with van der Waals surface area (Å²) in [5, 5.41) is 14.4. The number of fused-ring (bicyclic) bond motifs is 2. The Hall–Kier alpha value is -2.51. The van der Waals surface area contributed by atoms with E-state index in [2.05, 4.69) is 10.3 Å². The lowest BCUT2D eigenvalue weighted by atomic mass is 9.82. The number of nitrogens with zero attached hydrogens (tertiary/aromatic N) is 1. The van der Waals surface area contributed by atoms with Crippen LogP contribution in [0.5, 0.6) is 0 Å². The van der Waals surface area contributed by atoms with Gasteiger partial charge in [-0.1, -0.05) is 42.5 Å². The topological polar surface area (TPSA) is 88.5 Å². The zero-order valence-corrected chi connectivity index (χ0v) is 13.3. The van der Waals surface area contributed by atoms with Gasteiger partial charge in [0.2, 0.25) is 5.91 Å². The van der Waals surface area contributed by atoms with Gasteiger partial charge in [-0.25, -0.2) is 4.98 Å². The van der Waals surface area contributed by atoms with Gasteiger partial charge in [0.15, 0.2) is 5.13 Å². The molecule has 2 bridgehead atoms. The number of carbonyl (C=O) groups excluding carboxylic acids is 1. The van der Waals surface area contributed by atoms with Crippen LogP contribution in [-0.2, 0) is 14.3 Å². The van der Waals surface area contributed by atoms with Crippen molar-refractivity contribution in [2.24, 2.45) is 11.8 Å². The third-order valence-electron chi connectivity index (χ3n) is 4.29. The number of hydrogen-bond acceptors (Lipinski definition) is 5. The van der Waals surface area contributed by atoms with E-state index < -0.39 is 30.0 Å². The van der Waals surface area contributed by atoms with Crippen LogP contribution >= 0.6 is 11.3 Å². The molecule has 2 aliphatic rings. The van der Waals surface area contributed by atoms with Crippen molar-refractivity contribution in [2.45, 2.75) is 12.2 Å². The first kappa shape index (κ1) is 15.0. The second kappa shape index (κ2) is 5.85. The maximum absolute atomic E-state index is 12.5. The van der Waals surface area contributed by atoms with Crippen LogP contribution in [0.15, 0.2) is 47.9 Å². The summed E-state index contributed by atoms with van der Waals surface area (Å²) in [5.74, 6) is -2.97. The third-order valence-corrected chi connectivity index (χ3v) is 5.05. The van der Waals surface area contributed by atoms with Gasteiger partial charge in [0.25, 0.3) is 0 Å². The second-order valence-electron chi connectivity index (χ2n) is 5.73. The summed E-state index contributed by atoms with van der Waals surface area (Å²) in [6.07, 6.45) is 2.46. The number of aromatic nitrogens is 1. The number of ether oxygens (including phenoxy) is 1. The summed E-state index contributed by atoms with van der Waals surface area (Å²) in [4.78, 5) is 28.4. The number of benzene rings is 1. The summed E-state index contributed by atoms with van der Waals surface area (Å²) < 4.78 is 5.52. The van der Waals surface area contributed by atoms with Crippen molar-refractivity contribution in [3.63, 3.8) is 0 Å². The van der Waals surface area contributed by atoms with Crippen molar-refractivity contribution in [3.05, 3.63) is 47.9 Å². The molecule has 0 aliphatic carbocycles. The lowest BCUT2D eigenvalue weighted by molar-refractivity contribution is -0.145. The molecule has 1 fully saturated rings. The third kappa shape index (κ3) is 2.51. The van der Waals surface area contributed by atoms with Gasteiger partial charge in [0, 0.05) is 10.9 Å². The molecule has 1 amide bonds. The van der Waals surface area contributed by atoms with Gasteiger partial charge in [-0.05, 0) is 0 Å². The quantitative estimate of drug-likeness (QED) is 0.833. The van der Waals surface area contributed by atoms with Crippen LogP contribution in [0.2, 0.25) is 0 Å². The van der Waals surface area contributed by atoms with Gasteiger partial charge in [0.1, 0.15) is 5.92 Å². The summed E-state index contributed by atoms with van der Waals surface area (Å²) in [6.45, 7) is 0. The zero-order valence-electron chi connectivity index (χ0n) is 12.5. The van der Waals surface area contributed by atoms with E-state index in [-0.39, 0.29) is 5.91 Å². The predicted octanol–water partition coefficient (Wildman–Crippen LogP) is 2.40. The summed E-state index contributed by atoms with van der Waals surface area (Å²) in [5.41, 5.74) is 1.73. The standard InChI is InChI=1S/C17H14N2O4S/c20-15(13-11-6-7-12(23-11)14(13)16(21)22)19-17-18-10(8-24-17)9-4-2-1-3-5-9/h1-8,11-14H,(H,21,22)(H,18,19,20)/t11-,12+,13+,14+/m1/s1. The van der Waals surface area contributed by atoms with E-state index in [1.165, 1.54) is 11.3 Å². The highest BCUT2D eigenvalue weighted by Crippen LogP contribution is 2.40. The van der Waals surface area contributed by atoms with E-state index in [0.29, 0.717) is 5.13 Å². The number of thiazole rings is 1. The average Bonchev–Trinajstić information content (AvgIpc) is 3.30. The first-order valence-corrected chi connectivity index (χ1v) is 8.40. The second-order valence-corrected chi connectivity index (χ2v) is 6.59. The Kier molecular flexibility index (Phi) is 3.66. The zero-order chi connectivity index (χ0) is 16.7. The highest BCUT2D eigenvalue weighted by molar-refractivity contribution is 7.14. The average molecular weight is 342 g/mol. The van der Waals surface area contributed by atoms with Crippen LogP contribution in [0.3, 0.4) is 0 Å². The summed E-state index contributed by atoms with van der Waals surface area (Å²) in [6, 6.07) is 9.64. The molecule has 1 aromatic carbocycles. The van der Waals surface area contributed by atoms with Crippen LogP contribution in [-0.4, -0.2) is 34.2 Å². The fourth-order valence-corrected chi connectivity index (χ4v) is 3.90. The fourth-order valence-electron chi connectivity index (χ4n) is 3.18. The maximum atomic E-state index is 12.5. The molecule has 24 heavy (non-hydrogen) atoms. The van der Waals surface area contributed by atoms with E-state index in [4.69, 9.17) is 4.74 Å². The van der Waals surface area contributed by atoms with Crippen LogP contribution in [0.1, 0.15) is 0 Å². The van der Waals surface area contributed by atoms with Crippen LogP contribution < -0.4 is 5.32 Å². The highest BCUT2D eigenvalue weighted by Gasteiger charge is 2.53. The van der Waals surface area contributed by atoms with E-state index in [1.807, 2.05) is 35.7 Å². The molecule has 0 spiro atoms. The highest BCUT2D eigenvalue weighted by atomic mass is 32.1. The SMILES string of the molecule is O=C(O)[C@@H]1[C@@H](C(=O)Nc2nc(-c3ccccc3)cs2)[C@H]2C=C[C@@H]1O2. The molecule has 0 radical (unpaired) electrons. The molecule has 4 rings (SSSR count). The minimum Gasteiger partial charge on any atom is -0.481 e. The monoisotopic (exact) mass is 342 g/mol. The number of aliphatic carboxylic acids is 1. The van der Waals surface area contributed by atoms with Crippen LogP contribution in [0.25, 0.3) is 11.3 Å². The van der Waals surface area contributed by atoms with Crippen molar-refractivity contribution in [1.29, 1.82) is 0 Å². The number of carboxylic acid groups (broad SMARTS) is 1. The smallest absolute Gasteiger partial charge is 0.310 e. The first-order chi connectivity index (χ1) is 11.6. The predicted molar refractivity (Wildman–Crippen MR) is 88.6 cm³/mol. The molecule has 0 saturated carbocycles. The Balaban J connectivity index is 1.52. The van der Waals surface area contributed by atoms with Gasteiger partial charge in [-0.3, -0.25) is 9.59 Å². The van der Waals surface area contributed by atoms with Gasteiger partial charge in [-0.2, -0.15) is 0 Å². The largest absolute Gasteiger partial charge is 0.481 e. The number of amides is 1. The van der Waals surface area contributed by atoms with E-state index in [1.54, 1.807) is 12.2 Å². The van der Waals surface area contributed by atoms with Gasteiger partial charge in [-0.15, -0.1) is 11.3 Å². The number of carbonyl (C=O) groups is 2. The number of rotatable bonds is 4. The first-order valence-electron chi connectivity index (χ1n) is 7.52. The molecule has 2 aliphatic heterocycles. The van der Waals surface area contributed by atoms with Gasteiger partial charge in [0.05, 0.1) is 23.8 Å². The van der Waals surface area contributed by atoms with Crippen molar-refractivity contribution in [1.82, 2.24) is 4.98 Å². The Bertz CT molecular complexity index is 817. The van der Waals surface area contributed by atoms with Crippen molar-refractivity contribution < 1.29 is 19.4 Å². The summed E-state index contributed by atoms with van der Waals surface area (Å²) >= 11 is 1.31. The lowest BCUT2D eigenvalue weighted by Crippen LogP contribution is -2.39. The van der Waals surface area contributed by atoms with Crippen molar-refractivity contribution in [2.75, 3.05) is 5.32 Å². The van der Waals surface area contributed by atoms with Crippen molar-refractivity contribution in [3.8, 4) is 11.3 Å². The number of anilines is 1. The van der Waals surface area contributed by atoms with E-state index in [9.17, 15) is 14.7 Å². The molecule has 0 unspecified atom stereocenters. The van der Waals surface area contributed by atoms with Crippen LogP contribution in [0, 0.1) is 11.8 Å². The van der Waals surface area contributed by atoms with Gasteiger partial charge < -0.3 is 15.2 Å². The van der Waals surface area contributed by atoms with Crippen molar-refractivity contribution >= 4 is 28.3 Å². The minimum atomic E-state index is -1.02. The van der Waals surface area contributed by atoms with Gasteiger partial charge >= 0.3 is 5.97 Å². The molecular weight excluding hydrogens is 328 g/mol. The number of nitrogens with one attached hydrogen (secondary N) is 1. The number of carboxylic acids is 1. The molecule has 6 nitrogen and oxygen atoms in total. The number of hydrogen-bond donors (Lipinski definition) is 2. The fraction of sp³-hybridized carbons (Fsp3) is 0.235.